The summed E-state index contributed by atoms with van der Waals surface area (Å²) >= 11 is 0. The Labute approximate surface area is 223 Å². The number of nitrogens with zero attached hydrogens (tertiary/aromatic N) is 1. The van der Waals surface area contributed by atoms with Gasteiger partial charge in [-0.25, -0.2) is 4.39 Å². The standard InChI is InChI=1S/C26H31FN4O8/c1-4-5-29-9-14(32)30-18-13(27)8-11-6-10-7-12-19(31(2)3)22(35)17(25(28)38)24(37)26(12,39)23(36)16(10)20(33)15(11)21(18)34/h8,10,12,19,29,34-36,39H,4-7,9H2,1-3H3,(H2,28,38)(H,30,32)/t10?,12?,19-,26?/m0/s1. The number of aromatic hydroxyl groups is 1. The van der Waals surface area contributed by atoms with Crippen LogP contribution in [0.25, 0.3) is 0 Å². The van der Waals surface area contributed by atoms with Gasteiger partial charge in [0.25, 0.3) is 5.91 Å². The molecule has 2 amide bonds. The number of phenols is 1. The number of rotatable bonds is 7. The minimum absolute atomic E-state index is 0.0642. The van der Waals surface area contributed by atoms with Crippen molar-refractivity contribution in [3.63, 3.8) is 0 Å². The van der Waals surface area contributed by atoms with Crippen LogP contribution in [0.15, 0.2) is 28.7 Å². The molecule has 13 heteroatoms. The molecule has 4 rings (SSSR count). The molecule has 3 unspecified atom stereocenters. The molecular weight excluding hydrogens is 515 g/mol. The second kappa shape index (κ2) is 10.1. The summed E-state index contributed by atoms with van der Waals surface area (Å²) in [5.74, 6) is -9.86. The maximum absolute atomic E-state index is 15.0. The highest BCUT2D eigenvalue weighted by Crippen LogP contribution is 2.52. The molecule has 0 spiro atoms. The van der Waals surface area contributed by atoms with Gasteiger partial charge in [-0.15, -0.1) is 0 Å². The number of halogens is 1. The highest BCUT2D eigenvalue weighted by atomic mass is 19.1. The van der Waals surface area contributed by atoms with E-state index in [2.05, 4.69) is 10.6 Å². The number of aliphatic hydroxyl groups excluding tert-OH is 2. The number of primary amides is 1. The second-order valence-electron chi connectivity index (χ2n) is 10.3. The van der Waals surface area contributed by atoms with Crippen molar-refractivity contribution in [1.29, 1.82) is 0 Å². The summed E-state index contributed by atoms with van der Waals surface area (Å²) < 4.78 is 15.0. The molecule has 12 nitrogen and oxygen atoms in total. The van der Waals surface area contributed by atoms with Crippen molar-refractivity contribution >= 4 is 29.1 Å². The SMILES string of the molecule is CCCNCC(=O)Nc1c(F)cc2c(c1O)C(=O)C1=C(O)C3(O)C(=O)C(C(N)=O)=C(O)[C@@H](N(C)C)C3CC1C2. The van der Waals surface area contributed by atoms with Gasteiger partial charge in [-0.2, -0.15) is 0 Å². The van der Waals surface area contributed by atoms with Crippen LogP contribution >= 0.6 is 0 Å². The number of hydrogen-bond acceptors (Lipinski definition) is 10. The van der Waals surface area contributed by atoms with E-state index in [0.717, 1.165) is 12.5 Å². The number of nitrogens with two attached hydrogens (primary N) is 1. The Morgan fingerprint density at radius 1 is 1.23 bits per heavy atom. The van der Waals surface area contributed by atoms with Crippen LogP contribution in [0.1, 0.15) is 35.7 Å². The van der Waals surface area contributed by atoms with Crippen LogP contribution < -0.4 is 16.4 Å². The number of nitrogens with one attached hydrogen (secondary N) is 2. The Morgan fingerprint density at radius 3 is 2.49 bits per heavy atom. The number of benzene rings is 1. The average molecular weight is 547 g/mol. The van der Waals surface area contributed by atoms with Crippen LogP contribution in [0.3, 0.4) is 0 Å². The molecule has 0 fully saturated rings. The summed E-state index contributed by atoms with van der Waals surface area (Å²) in [6.07, 6.45) is 0.572. The summed E-state index contributed by atoms with van der Waals surface area (Å²) in [5.41, 5.74) is 0.334. The van der Waals surface area contributed by atoms with E-state index in [-0.39, 0.29) is 30.5 Å². The Bertz CT molecular complexity index is 1350. The predicted molar refractivity (Wildman–Crippen MR) is 135 cm³/mol. The Morgan fingerprint density at radius 2 is 1.90 bits per heavy atom. The lowest BCUT2D eigenvalue weighted by Gasteiger charge is -2.50. The topological polar surface area (TPSA) is 203 Å². The fourth-order valence-corrected chi connectivity index (χ4v) is 5.95. The van der Waals surface area contributed by atoms with Gasteiger partial charge in [-0.3, -0.25) is 24.1 Å². The van der Waals surface area contributed by atoms with E-state index in [1.165, 1.54) is 19.0 Å². The maximum atomic E-state index is 15.0. The predicted octanol–water partition coefficient (Wildman–Crippen LogP) is 0.198. The number of ketones is 2. The van der Waals surface area contributed by atoms with Gasteiger partial charge in [0.2, 0.25) is 11.7 Å². The van der Waals surface area contributed by atoms with Crippen molar-refractivity contribution in [3.05, 3.63) is 45.7 Å². The molecule has 0 bridgehead atoms. The van der Waals surface area contributed by atoms with Gasteiger partial charge in [0.15, 0.2) is 23.0 Å². The summed E-state index contributed by atoms with van der Waals surface area (Å²) in [7, 11) is 3.04. The van der Waals surface area contributed by atoms with Gasteiger partial charge in [0.1, 0.15) is 22.8 Å². The quantitative estimate of drug-likeness (QED) is 0.141. The fraction of sp³-hybridized carbons (Fsp3) is 0.462. The number of Topliss-reactive ketones (excluding diaryl/α,β-unsaturated/α-hetero) is 2. The van der Waals surface area contributed by atoms with Crippen molar-refractivity contribution in [1.82, 2.24) is 10.2 Å². The largest absolute Gasteiger partial charge is 0.510 e. The van der Waals surface area contributed by atoms with Crippen LogP contribution in [0, 0.1) is 17.7 Å². The van der Waals surface area contributed by atoms with Crippen molar-refractivity contribution in [2.24, 2.45) is 17.6 Å². The molecule has 0 aliphatic heterocycles. The fourth-order valence-electron chi connectivity index (χ4n) is 5.95. The number of carbonyl (C=O) groups excluding carboxylic acids is 4. The summed E-state index contributed by atoms with van der Waals surface area (Å²) in [4.78, 5) is 52.7. The number of carbonyl (C=O) groups is 4. The monoisotopic (exact) mass is 546 g/mol. The molecular formula is C26H31FN4O8. The van der Waals surface area contributed by atoms with E-state index in [9.17, 15) is 44.0 Å². The first kappa shape index (κ1) is 28.2. The maximum Gasteiger partial charge on any atom is 0.255 e. The van der Waals surface area contributed by atoms with E-state index in [1.54, 1.807) is 0 Å². The van der Waals surface area contributed by atoms with Crippen molar-refractivity contribution in [3.8, 4) is 5.75 Å². The third kappa shape index (κ3) is 4.26. The van der Waals surface area contributed by atoms with Crippen LogP contribution in [-0.2, 0) is 20.8 Å². The van der Waals surface area contributed by atoms with Gasteiger partial charge < -0.3 is 36.8 Å². The first-order valence-corrected chi connectivity index (χ1v) is 12.5. The summed E-state index contributed by atoms with van der Waals surface area (Å²) in [6, 6.07) is -0.117. The zero-order chi connectivity index (χ0) is 29.0. The third-order valence-corrected chi connectivity index (χ3v) is 7.64. The van der Waals surface area contributed by atoms with Crippen LogP contribution in [0.4, 0.5) is 10.1 Å². The smallest absolute Gasteiger partial charge is 0.255 e. The summed E-state index contributed by atoms with van der Waals surface area (Å²) in [6.45, 7) is 2.25. The Kier molecular flexibility index (Phi) is 7.27. The summed E-state index contributed by atoms with van der Waals surface area (Å²) in [5, 5.41) is 49.5. The van der Waals surface area contributed by atoms with Gasteiger partial charge in [0, 0.05) is 11.5 Å². The molecule has 0 saturated heterocycles. The van der Waals surface area contributed by atoms with Crippen molar-refractivity contribution < 1.29 is 44.0 Å². The first-order valence-electron chi connectivity index (χ1n) is 12.5. The molecule has 1 aromatic carbocycles. The molecule has 4 atom stereocenters. The molecule has 210 valence electrons. The van der Waals surface area contributed by atoms with E-state index in [1.807, 2.05) is 6.92 Å². The zero-order valence-electron chi connectivity index (χ0n) is 21.7. The average Bonchev–Trinajstić information content (AvgIpc) is 2.83. The van der Waals surface area contributed by atoms with E-state index in [4.69, 9.17) is 5.73 Å². The second-order valence-corrected chi connectivity index (χ2v) is 10.3. The lowest BCUT2D eigenvalue weighted by molar-refractivity contribution is -0.148. The lowest BCUT2D eigenvalue weighted by atomic mass is 9.58. The molecule has 0 radical (unpaired) electrons. The minimum atomic E-state index is -2.78. The molecule has 3 aliphatic carbocycles. The number of anilines is 1. The van der Waals surface area contributed by atoms with Gasteiger partial charge in [-0.1, -0.05) is 6.92 Å². The van der Waals surface area contributed by atoms with Gasteiger partial charge in [-0.05, 0) is 57.5 Å². The minimum Gasteiger partial charge on any atom is -0.510 e. The van der Waals surface area contributed by atoms with Gasteiger partial charge >= 0.3 is 0 Å². The Hall–Kier alpha value is -3.81. The Balaban J connectivity index is 1.82. The highest BCUT2D eigenvalue weighted by molar-refractivity contribution is 6.25. The molecule has 1 aromatic rings. The molecule has 8 N–H and O–H groups in total. The molecule has 0 aromatic heterocycles. The van der Waals surface area contributed by atoms with Crippen molar-refractivity contribution in [2.45, 2.75) is 37.8 Å². The zero-order valence-corrected chi connectivity index (χ0v) is 21.7. The van der Waals surface area contributed by atoms with Gasteiger partial charge in [0.05, 0.1) is 18.2 Å². The molecule has 39 heavy (non-hydrogen) atoms. The van der Waals surface area contributed by atoms with Crippen LogP contribution in [0.5, 0.6) is 5.75 Å². The number of amides is 2. The number of fused-ring (bicyclic) bond motifs is 3. The van der Waals surface area contributed by atoms with Crippen LogP contribution in [-0.4, -0.2) is 87.5 Å². The molecule has 3 aliphatic rings. The van der Waals surface area contributed by atoms with Crippen molar-refractivity contribution in [2.75, 3.05) is 32.5 Å². The number of allylic oxidation sites excluding steroid dienone is 1. The molecule has 0 saturated carbocycles. The first-order chi connectivity index (χ1) is 18.3. The lowest BCUT2D eigenvalue weighted by Crippen LogP contribution is -2.63. The van der Waals surface area contributed by atoms with E-state index >= 15 is 0 Å². The van der Waals surface area contributed by atoms with E-state index < -0.39 is 86.8 Å². The number of likely N-dealkylation sites (N-methyl/N-ethyl adjacent to an activating group) is 1. The highest BCUT2D eigenvalue weighted by Gasteiger charge is 2.63. The number of hydrogen-bond donors (Lipinski definition) is 7. The molecule has 0 heterocycles. The van der Waals surface area contributed by atoms with Crippen LogP contribution in [0.2, 0.25) is 0 Å². The van der Waals surface area contributed by atoms with E-state index in [0.29, 0.717) is 6.54 Å². The normalized spacial score (nSPS) is 26.4. The number of phenolic OH excluding ortho intramolecular Hbond substituents is 1. The third-order valence-electron chi connectivity index (χ3n) is 7.64. The number of aliphatic hydroxyl groups is 3.